The van der Waals surface area contributed by atoms with E-state index in [4.69, 9.17) is 9.84 Å². The average Bonchev–Trinajstić information content (AvgIpc) is 2.38. The van der Waals surface area contributed by atoms with Crippen LogP contribution in [0.4, 0.5) is 0 Å². The number of methoxy groups -OCH3 is 1. The first-order chi connectivity index (χ1) is 9.08. The Morgan fingerprint density at radius 2 is 2.26 bits per heavy atom. The quantitative estimate of drug-likeness (QED) is 0.769. The van der Waals surface area contributed by atoms with Crippen LogP contribution in [0.25, 0.3) is 0 Å². The average molecular weight is 330 g/mol. The van der Waals surface area contributed by atoms with Gasteiger partial charge in [-0.05, 0) is 40.0 Å². The molecule has 4 nitrogen and oxygen atoms in total. The van der Waals surface area contributed by atoms with E-state index >= 15 is 0 Å². The predicted octanol–water partition coefficient (Wildman–Crippen LogP) is 3.19. The molecule has 1 rings (SSSR count). The van der Waals surface area contributed by atoms with Crippen molar-refractivity contribution in [3.05, 3.63) is 28.2 Å². The highest BCUT2D eigenvalue weighted by atomic mass is 79.9. The third-order valence-corrected chi connectivity index (χ3v) is 3.53. The number of rotatable bonds is 8. The Morgan fingerprint density at radius 1 is 1.53 bits per heavy atom. The maximum atomic E-state index is 11.1. The highest BCUT2D eigenvalue weighted by molar-refractivity contribution is 9.10. The highest BCUT2D eigenvalue weighted by Crippen LogP contribution is 2.25. The maximum absolute atomic E-state index is 11.1. The summed E-state index contributed by atoms with van der Waals surface area (Å²) in [4.78, 5) is 11.1. The van der Waals surface area contributed by atoms with Gasteiger partial charge in [-0.2, -0.15) is 0 Å². The number of aliphatic carboxylic acids is 1. The predicted molar refractivity (Wildman–Crippen MR) is 78.5 cm³/mol. The van der Waals surface area contributed by atoms with Crippen molar-refractivity contribution in [2.24, 2.45) is 0 Å². The number of benzene rings is 1. The van der Waals surface area contributed by atoms with Crippen molar-refractivity contribution in [1.82, 2.24) is 5.32 Å². The summed E-state index contributed by atoms with van der Waals surface area (Å²) < 4.78 is 6.03. The molecule has 106 valence electrons. The van der Waals surface area contributed by atoms with Gasteiger partial charge in [0, 0.05) is 6.54 Å². The molecule has 0 heterocycles. The van der Waals surface area contributed by atoms with Gasteiger partial charge >= 0.3 is 5.97 Å². The summed E-state index contributed by atoms with van der Waals surface area (Å²) in [5.41, 5.74) is 1.02. The van der Waals surface area contributed by atoms with E-state index in [-0.39, 0.29) is 0 Å². The molecular weight excluding hydrogens is 310 g/mol. The zero-order valence-electron chi connectivity index (χ0n) is 11.3. The fraction of sp³-hybridized carbons (Fsp3) is 0.500. The topological polar surface area (TPSA) is 58.6 Å². The molecule has 0 aliphatic rings. The number of unbranched alkanes of at least 4 members (excludes halogenated alkanes) is 1. The first kappa shape index (κ1) is 16.0. The Morgan fingerprint density at radius 3 is 2.79 bits per heavy atom. The fourth-order valence-electron chi connectivity index (χ4n) is 1.78. The number of halogens is 1. The molecule has 2 N–H and O–H groups in total. The van der Waals surface area contributed by atoms with Crippen molar-refractivity contribution in [3.8, 4) is 5.75 Å². The molecule has 0 bridgehead atoms. The monoisotopic (exact) mass is 329 g/mol. The number of hydrogen-bond donors (Lipinski definition) is 2. The Balaban J connectivity index is 2.58. The van der Waals surface area contributed by atoms with Gasteiger partial charge in [-0.3, -0.25) is 4.79 Å². The summed E-state index contributed by atoms with van der Waals surface area (Å²) in [6.07, 6.45) is 2.57. The summed E-state index contributed by atoms with van der Waals surface area (Å²) in [5.74, 6) is -0.0226. The summed E-state index contributed by atoms with van der Waals surface area (Å²) in [5, 5.41) is 12.2. The lowest BCUT2D eigenvalue weighted by molar-refractivity contribution is -0.139. The summed E-state index contributed by atoms with van der Waals surface area (Å²) in [6, 6.07) is 5.24. The normalized spacial score (nSPS) is 12.2. The number of ether oxygens (including phenoxy) is 1. The molecular formula is C14H20BrNO3. The molecule has 5 heteroatoms. The van der Waals surface area contributed by atoms with Gasteiger partial charge in [0.25, 0.3) is 0 Å². The van der Waals surface area contributed by atoms with Crippen molar-refractivity contribution in [2.45, 2.75) is 38.8 Å². The van der Waals surface area contributed by atoms with E-state index in [0.717, 1.165) is 28.6 Å². The van der Waals surface area contributed by atoms with E-state index in [1.807, 2.05) is 18.2 Å². The van der Waals surface area contributed by atoms with Crippen LogP contribution in [0.2, 0.25) is 0 Å². The van der Waals surface area contributed by atoms with Gasteiger partial charge in [0.1, 0.15) is 11.8 Å². The second-order valence-electron chi connectivity index (χ2n) is 4.38. The van der Waals surface area contributed by atoms with Gasteiger partial charge in [0.2, 0.25) is 0 Å². The van der Waals surface area contributed by atoms with Gasteiger partial charge in [0.05, 0.1) is 11.6 Å². The molecule has 0 saturated carbocycles. The number of nitrogens with one attached hydrogen (secondary N) is 1. The van der Waals surface area contributed by atoms with E-state index < -0.39 is 12.0 Å². The molecule has 0 amide bonds. The van der Waals surface area contributed by atoms with Gasteiger partial charge in [-0.15, -0.1) is 0 Å². The smallest absolute Gasteiger partial charge is 0.320 e. The first-order valence-corrected chi connectivity index (χ1v) is 7.16. The van der Waals surface area contributed by atoms with Gasteiger partial charge in [-0.1, -0.05) is 25.8 Å². The minimum atomic E-state index is -0.791. The molecule has 0 radical (unpaired) electrons. The molecule has 0 fully saturated rings. The standard InChI is InChI=1S/C14H20BrNO3/c1-3-4-5-12(14(17)18)16-9-10-6-7-13(19-2)11(15)8-10/h6-8,12,16H,3-5,9H2,1-2H3,(H,17,18)/t12-/m0/s1. The van der Waals surface area contributed by atoms with Gasteiger partial charge in [-0.25, -0.2) is 0 Å². The van der Waals surface area contributed by atoms with Crippen molar-refractivity contribution < 1.29 is 14.6 Å². The SMILES string of the molecule is CCCC[C@H](NCc1ccc(OC)c(Br)c1)C(=O)O. The summed E-state index contributed by atoms with van der Waals surface area (Å²) >= 11 is 3.42. The third kappa shape index (κ3) is 5.20. The molecule has 0 aliphatic heterocycles. The van der Waals surface area contributed by atoms with Crippen LogP contribution in [0.15, 0.2) is 22.7 Å². The lowest BCUT2D eigenvalue weighted by Gasteiger charge is -2.14. The number of carboxylic acids is 1. The Hall–Kier alpha value is -1.07. The molecule has 1 aromatic rings. The van der Waals surface area contributed by atoms with Crippen LogP contribution in [-0.2, 0) is 11.3 Å². The molecule has 0 aliphatic carbocycles. The molecule has 0 aromatic heterocycles. The lowest BCUT2D eigenvalue weighted by Crippen LogP contribution is -2.36. The van der Waals surface area contributed by atoms with Crippen LogP contribution in [-0.4, -0.2) is 24.2 Å². The minimum Gasteiger partial charge on any atom is -0.496 e. The van der Waals surface area contributed by atoms with Crippen LogP contribution in [0.5, 0.6) is 5.75 Å². The van der Waals surface area contributed by atoms with Crippen molar-refractivity contribution in [3.63, 3.8) is 0 Å². The van der Waals surface area contributed by atoms with Crippen LogP contribution in [0.3, 0.4) is 0 Å². The third-order valence-electron chi connectivity index (χ3n) is 2.91. The summed E-state index contributed by atoms with van der Waals surface area (Å²) in [6.45, 7) is 2.59. The molecule has 0 unspecified atom stereocenters. The second-order valence-corrected chi connectivity index (χ2v) is 5.24. The molecule has 1 atom stereocenters. The number of carboxylic acid groups (broad SMARTS) is 1. The number of carbonyl (C=O) groups is 1. The first-order valence-electron chi connectivity index (χ1n) is 6.37. The fourth-order valence-corrected chi connectivity index (χ4v) is 2.37. The van der Waals surface area contributed by atoms with Crippen molar-refractivity contribution in [1.29, 1.82) is 0 Å². The molecule has 0 saturated heterocycles. The summed E-state index contributed by atoms with van der Waals surface area (Å²) in [7, 11) is 1.61. The van der Waals surface area contributed by atoms with Crippen molar-refractivity contribution >= 4 is 21.9 Å². The van der Waals surface area contributed by atoms with Crippen LogP contribution >= 0.6 is 15.9 Å². The molecule has 1 aromatic carbocycles. The maximum Gasteiger partial charge on any atom is 0.320 e. The zero-order valence-corrected chi connectivity index (χ0v) is 12.9. The molecule has 0 spiro atoms. The zero-order chi connectivity index (χ0) is 14.3. The van der Waals surface area contributed by atoms with E-state index in [0.29, 0.717) is 13.0 Å². The van der Waals surface area contributed by atoms with E-state index in [1.165, 1.54) is 0 Å². The van der Waals surface area contributed by atoms with E-state index in [9.17, 15) is 4.79 Å². The van der Waals surface area contributed by atoms with Crippen LogP contribution in [0, 0.1) is 0 Å². The van der Waals surface area contributed by atoms with E-state index in [2.05, 4.69) is 28.2 Å². The Bertz CT molecular complexity index is 423. The van der Waals surface area contributed by atoms with Crippen molar-refractivity contribution in [2.75, 3.05) is 7.11 Å². The van der Waals surface area contributed by atoms with Gasteiger partial charge < -0.3 is 15.2 Å². The van der Waals surface area contributed by atoms with Crippen LogP contribution < -0.4 is 10.1 Å². The molecule has 19 heavy (non-hydrogen) atoms. The minimum absolute atomic E-state index is 0.485. The Kier molecular flexibility index (Phi) is 6.87. The largest absolute Gasteiger partial charge is 0.496 e. The Labute approximate surface area is 122 Å². The highest BCUT2D eigenvalue weighted by Gasteiger charge is 2.15. The van der Waals surface area contributed by atoms with E-state index in [1.54, 1.807) is 7.11 Å². The van der Waals surface area contributed by atoms with Gasteiger partial charge in [0.15, 0.2) is 0 Å². The van der Waals surface area contributed by atoms with Crippen LogP contribution in [0.1, 0.15) is 31.7 Å². The lowest BCUT2D eigenvalue weighted by atomic mass is 10.1. The number of hydrogen-bond acceptors (Lipinski definition) is 3. The second kappa shape index (κ2) is 8.17.